The van der Waals surface area contributed by atoms with Gasteiger partial charge in [0.15, 0.2) is 0 Å². The van der Waals surface area contributed by atoms with Crippen molar-refractivity contribution >= 4 is 5.91 Å². The summed E-state index contributed by atoms with van der Waals surface area (Å²) < 4.78 is 0. The van der Waals surface area contributed by atoms with Crippen LogP contribution in [0.25, 0.3) is 0 Å². The van der Waals surface area contributed by atoms with Crippen molar-refractivity contribution in [3.05, 3.63) is 0 Å². The third kappa shape index (κ3) is 5.47. The first-order chi connectivity index (χ1) is 8.93. The van der Waals surface area contributed by atoms with Crippen LogP contribution in [-0.4, -0.2) is 81.0 Å². The van der Waals surface area contributed by atoms with Crippen molar-refractivity contribution in [2.45, 2.75) is 25.3 Å². The molecule has 0 spiro atoms. The summed E-state index contributed by atoms with van der Waals surface area (Å²) in [4.78, 5) is 18.1. The zero-order chi connectivity index (χ0) is 14.4. The van der Waals surface area contributed by atoms with Gasteiger partial charge in [0.25, 0.3) is 0 Å². The van der Waals surface area contributed by atoms with Crippen molar-refractivity contribution in [1.82, 2.24) is 14.7 Å². The molecule has 1 fully saturated rings. The molecule has 5 nitrogen and oxygen atoms in total. The summed E-state index contributed by atoms with van der Waals surface area (Å²) in [6.45, 7) is 3.87. The second-order valence-corrected chi connectivity index (χ2v) is 6.12. The molecule has 0 aromatic carbocycles. The summed E-state index contributed by atoms with van der Waals surface area (Å²) in [6, 6.07) is 0.204. The van der Waals surface area contributed by atoms with Crippen molar-refractivity contribution in [1.29, 1.82) is 0 Å². The van der Waals surface area contributed by atoms with Crippen LogP contribution in [0.15, 0.2) is 0 Å². The van der Waals surface area contributed by atoms with Crippen molar-refractivity contribution in [3.63, 3.8) is 0 Å². The SMILES string of the molecule is CN(C)CC1CCN(C(CN)CC(=O)N(C)C)CC1. The molecular formula is C14H30N4O. The second kappa shape index (κ2) is 7.82. The minimum Gasteiger partial charge on any atom is -0.349 e. The molecule has 1 amide bonds. The Bertz CT molecular complexity index is 273. The molecule has 5 heteroatoms. The van der Waals surface area contributed by atoms with Crippen molar-refractivity contribution in [2.24, 2.45) is 11.7 Å². The Labute approximate surface area is 117 Å². The molecule has 1 rings (SSSR count). The van der Waals surface area contributed by atoms with E-state index in [0.717, 1.165) is 25.6 Å². The Balaban J connectivity index is 2.41. The molecule has 1 aliphatic heterocycles. The smallest absolute Gasteiger partial charge is 0.223 e. The van der Waals surface area contributed by atoms with Crippen LogP contribution in [0.4, 0.5) is 0 Å². The van der Waals surface area contributed by atoms with E-state index in [1.54, 1.807) is 19.0 Å². The van der Waals surface area contributed by atoms with Crippen molar-refractivity contribution in [3.8, 4) is 0 Å². The number of amides is 1. The molecule has 19 heavy (non-hydrogen) atoms. The van der Waals surface area contributed by atoms with Crippen LogP contribution in [0, 0.1) is 5.92 Å². The number of likely N-dealkylation sites (tertiary alicyclic amines) is 1. The van der Waals surface area contributed by atoms with Crippen LogP contribution in [0.5, 0.6) is 0 Å². The van der Waals surface area contributed by atoms with Gasteiger partial charge < -0.3 is 15.5 Å². The third-order valence-electron chi connectivity index (χ3n) is 3.97. The molecular weight excluding hydrogens is 240 g/mol. The van der Waals surface area contributed by atoms with Crippen LogP contribution in [-0.2, 0) is 4.79 Å². The van der Waals surface area contributed by atoms with Crippen LogP contribution < -0.4 is 5.73 Å². The Morgan fingerprint density at radius 1 is 1.26 bits per heavy atom. The predicted octanol–water partition coefficient (Wildman–Crippen LogP) is 0.0656. The first kappa shape index (κ1) is 16.4. The summed E-state index contributed by atoms with van der Waals surface area (Å²) in [5, 5.41) is 0. The summed E-state index contributed by atoms with van der Waals surface area (Å²) >= 11 is 0. The van der Waals surface area contributed by atoms with Crippen molar-refractivity contribution in [2.75, 3.05) is 54.4 Å². The number of carbonyl (C=O) groups excluding carboxylic acids is 1. The van der Waals surface area contributed by atoms with Crippen molar-refractivity contribution < 1.29 is 4.79 Å². The standard InChI is InChI=1S/C14H30N4O/c1-16(2)11-12-5-7-18(8-6-12)13(10-15)9-14(19)17(3)4/h12-13H,5-11,15H2,1-4H3. The number of carbonyl (C=O) groups is 1. The summed E-state index contributed by atoms with van der Waals surface area (Å²) in [6.07, 6.45) is 2.97. The highest BCUT2D eigenvalue weighted by Gasteiger charge is 2.26. The van der Waals surface area contributed by atoms with Gasteiger partial charge in [0.2, 0.25) is 5.91 Å². The highest BCUT2D eigenvalue weighted by molar-refractivity contribution is 5.76. The molecule has 0 bridgehead atoms. The van der Waals surface area contributed by atoms with Gasteiger partial charge in [-0.3, -0.25) is 9.69 Å². The Morgan fingerprint density at radius 2 is 1.84 bits per heavy atom. The zero-order valence-electron chi connectivity index (χ0n) is 12.9. The molecule has 1 heterocycles. The van der Waals surface area contributed by atoms with Gasteiger partial charge in [0.05, 0.1) is 0 Å². The molecule has 0 aromatic heterocycles. The van der Waals surface area contributed by atoms with Gasteiger partial charge in [-0.2, -0.15) is 0 Å². The van der Waals surface area contributed by atoms with E-state index < -0.39 is 0 Å². The number of rotatable bonds is 6. The van der Waals surface area contributed by atoms with Gasteiger partial charge in [-0.1, -0.05) is 0 Å². The molecule has 0 aromatic rings. The largest absolute Gasteiger partial charge is 0.349 e. The van der Waals surface area contributed by atoms with E-state index in [9.17, 15) is 4.79 Å². The summed E-state index contributed by atoms with van der Waals surface area (Å²) in [5.74, 6) is 0.958. The zero-order valence-corrected chi connectivity index (χ0v) is 12.9. The Morgan fingerprint density at radius 3 is 2.26 bits per heavy atom. The minimum absolute atomic E-state index is 0.172. The molecule has 2 N–H and O–H groups in total. The van der Waals surface area contributed by atoms with E-state index in [1.165, 1.54) is 12.8 Å². The maximum atomic E-state index is 11.8. The number of piperidine rings is 1. The van der Waals surface area contributed by atoms with E-state index in [2.05, 4.69) is 23.9 Å². The molecule has 1 unspecified atom stereocenters. The first-order valence-electron chi connectivity index (χ1n) is 7.23. The number of hydrogen-bond acceptors (Lipinski definition) is 4. The quantitative estimate of drug-likeness (QED) is 0.742. The highest BCUT2D eigenvalue weighted by Crippen LogP contribution is 2.20. The Hall–Kier alpha value is -0.650. The fraction of sp³-hybridized carbons (Fsp3) is 0.929. The molecule has 0 radical (unpaired) electrons. The molecule has 0 saturated carbocycles. The highest BCUT2D eigenvalue weighted by atomic mass is 16.2. The molecule has 0 aliphatic carbocycles. The Kier molecular flexibility index (Phi) is 6.75. The van der Waals surface area contributed by atoms with Gasteiger partial charge in [0, 0.05) is 39.6 Å². The lowest BCUT2D eigenvalue weighted by molar-refractivity contribution is -0.130. The van der Waals surface area contributed by atoms with Gasteiger partial charge >= 0.3 is 0 Å². The van der Waals surface area contributed by atoms with Gasteiger partial charge in [0.1, 0.15) is 0 Å². The molecule has 1 aliphatic rings. The average molecular weight is 270 g/mol. The first-order valence-corrected chi connectivity index (χ1v) is 7.23. The third-order valence-corrected chi connectivity index (χ3v) is 3.97. The summed E-state index contributed by atoms with van der Waals surface area (Å²) in [5.41, 5.74) is 5.85. The average Bonchev–Trinajstić information content (AvgIpc) is 2.36. The monoisotopic (exact) mass is 270 g/mol. The lowest BCUT2D eigenvalue weighted by Gasteiger charge is -2.38. The predicted molar refractivity (Wildman–Crippen MR) is 79.0 cm³/mol. The van der Waals surface area contributed by atoms with E-state index in [4.69, 9.17) is 5.73 Å². The van der Waals surface area contributed by atoms with Crippen LogP contribution in [0.3, 0.4) is 0 Å². The van der Waals surface area contributed by atoms with Gasteiger partial charge in [-0.25, -0.2) is 0 Å². The lowest BCUT2D eigenvalue weighted by atomic mass is 9.94. The van der Waals surface area contributed by atoms with E-state index in [0.29, 0.717) is 13.0 Å². The van der Waals surface area contributed by atoms with Crippen LogP contribution in [0.2, 0.25) is 0 Å². The molecule has 1 atom stereocenters. The molecule has 1 saturated heterocycles. The maximum Gasteiger partial charge on any atom is 0.223 e. The topological polar surface area (TPSA) is 52.8 Å². The lowest BCUT2D eigenvalue weighted by Crippen LogP contribution is -2.48. The van der Waals surface area contributed by atoms with E-state index >= 15 is 0 Å². The number of nitrogens with zero attached hydrogens (tertiary/aromatic N) is 3. The van der Waals surface area contributed by atoms with Gasteiger partial charge in [-0.15, -0.1) is 0 Å². The normalized spacial score (nSPS) is 19.7. The fourth-order valence-corrected chi connectivity index (χ4v) is 2.76. The van der Waals surface area contributed by atoms with Gasteiger partial charge in [-0.05, 0) is 45.9 Å². The van der Waals surface area contributed by atoms with E-state index in [-0.39, 0.29) is 11.9 Å². The fourth-order valence-electron chi connectivity index (χ4n) is 2.76. The summed E-state index contributed by atoms with van der Waals surface area (Å²) in [7, 11) is 7.87. The number of nitrogens with two attached hydrogens (primary N) is 1. The molecule has 112 valence electrons. The number of hydrogen-bond donors (Lipinski definition) is 1. The van der Waals surface area contributed by atoms with E-state index in [1.807, 2.05) is 0 Å². The second-order valence-electron chi connectivity index (χ2n) is 6.12. The van der Waals surface area contributed by atoms with Crippen LogP contribution >= 0.6 is 0 Å². The van der Waals surface area contributed by atoms with Crippen LogP contribution in [0.1, 0.15) is 19.3 Å². The maximum absolute atomic E-state index is 11.8. The minimum atomic E-state index is 0.172.